The van der Waals surface area contributed by atoms with Crippen LogP contribution in [0.25, 0.3) is 11.4 Å². The Hall–Kier alpha value is -4.22. The van der Waals surface area contributed by atoms with E-state index >= 15 is 0 Å². The summed E-state index contributed by atoms with van der Waals surface area (Å²) in [6.45, 7) is 9.73. The molecule has 2 aromatic carbocycles. The minimum atomic E-state index is -0.421. The number of esters is 1. The lowest BCUT2D eigenvalue weighted by Gasteiger charge is -2.30. The molecule has 260 valence electrons. The van der Waals surface area contributed by atoms with Crippen molar-refractivity contribution in [3.63, 3.8) is 0 Å². The molecule has 1 amide bonds. The highest BCUT2D eigenvalue weighted by atomic mass is 35.5. The molecule has 0 bridgehead atoms. The van der Waals surface area contributed by atoms with E-state index in [2.05, 4.69) is 32.4 Å². The summed E-state index contributed by atoms with van der Waals surface area (Å²) in [6, 6.07) is 12.2. The summed E-state index contributed by atoms with van der Waals surface area (Å²) in [5.74, 6) is 0.614. The first-order valence-corrected chi connectivity index (χ1v) is 17.5. The zero-order chi connectivity index (χ0) is 34.7. The monoisotopic (exact) mass is 687 g/mol. The van der Waals surface area contributed by atoms with Gasteiger partial charge in [0, 0.05) is 50.2 Å². The predicted octanol–water partition coefficient (Wildman–Crippen LogP) is 6.00. The van der Waals surface area contributed by atoms with Crippen LogP contribution in [0.5, 0.6) is 5.75 Å². The number of carbonyl (C=O) groups is 2. The van der Waals surface area contributed by atoms with Gasteiger partial charge in [-0.25, -0.2) is 4.79 Å². The van der Waals surface area contributed by atoms with Crippen molar-refractivity contribution >= 4 is 23.5 Å². The second-order valence-corrected chi connectivity index (χ2v) is 14.1. The van der Waals surface area contributed by atoms with E-state index in [0.29, 0.717) is 54.1 Å². The molecule has 2 aromatic heterocycles. The molecule has 49 heavy (non-hydrogen) atoms. The largest absolute Gasteiger partial charge is 0.488 e. The molecular formula is C37H46ClN7O4. The summed E-state index contributed by atoms with van der Waals surface area (Å²) in [7, 11) is 3.68. The Kier molecular flexibility index (Phi) is 10.4. The number of benzene rings is 2. The third kappa shape index (κ3) is 7.99. The van der Waals surface area contributed by atoms with E-state index in [1.807, 2.05) is 60.9 Å². The second kappa shape index (κ2) is 14.7. The van der Waals surface area contributed by atoms with Crippen molar-refractivity contribution in [1.29, 1.82) is 0 Å². The van der Waals surface area contributed by atoms with Crippen molar-refractivity contribution < 1.29 is 19.1 Å². The smallest absolute Gasteiger partial charge is 0.342 e. The summed E-state index contributed by atoms with van der Waals surface area (Å²) in [6.07, 6.45) is 8.25. The highest BCUT2D eigenvalue weighted by Gasteiger charge is 2.47. The quantitative estimate of drug-likeness (QED) is 0.149. The van der Waals surface area contributed by atoms with E-state index < -0.39 is 5.97 Å². The molecule has 2 aliphatic rings. The van der Waals surface area contributed by atoms with Crippen LogP contribution in [0, 0.1) is 19.3 Å². The van der Waals surface area contributed by atoms with E-state index in [1.165, 1.54) is 6.20 Å². The van der Waals surface area contributed by atoms with Gasteiger partial charge in [-0.2, -0.15) is 5.10 Å². The van der Waals surface area contributed by atoms with E-state index in [0.717, 1.165) is 66.8 Å². The Bertz CT molecular complexity index is 1790. The van der Waals surface area contributed by atoms with Gasteiger partial charge >= 0.3 is 5.97 Å². The molecule has 1 saturated heterocycles. The van der Waals surface area contributed by atoms with Crippen LogP contribution in [-0.4, -0.2) is 79.2 Å². The minimum Gasteiger partial charge on any atom is -0.488 e. The SMILES string of the molecule is CCOC(=O)c1cnn(C)c1-c1cn(CC2CCCN2CC2(CC(=O)N(C)Cc3cc(C)c(OCc4ccccc4Cl)c(C)c3)CC2)nn1. The fourth-order valence-electron chi connectivity index (χ4n) is 7.06. The average Bonchev–Trinajstić information content (AvgIpc) is 3.34. The molecule has 6 rings (SSSR count). The number of amides is 1. The maximum atomic E-state index is 13.5. The number of carbonyl (C=O) groups excluding carboxylic acids is 2. The lowest BCUT2D eigenvalue weighted by Crippen LogP contribution is -2.39. The van der Waals surface area contributed by atoms with E-state index in [1.54, 1.807) is 18.7 Å². The molecule has 2 fully saturated rings. The number of hydrogen-bond donors (Lipinski definition) is 0. The molecule has 0 N–H and O–H groups in total. The summed E-state index contributed by atoms with van der Waals surface area (Å²) in [5, 5.41) is 13.7. The van der Waals surface area contributed by atoms with Crippen molar-refractivity contribution in [2.45, 2.75) is 78.6 Å². The molecule has 12 heteroatoms. The molecule has 1 saturated carbocycles. The standard InChI is InChI=1S/C37H46ClN7O4/c1-6-48-36(47)30-19-39-43(5)34(30)32-22-45(41-40-32)21-29-11-9-15-44(29)24-37(13-14-37)18-33(46)42(4)20-27-16-25(2)35(26(3)17-27)49-23-28-10-7-8-12-31(28)38/h7-8,10,12,16-17,19,22,29H,6,9,11,13-15,18,20-21,23-24H2,1-5H3. The third-order valence-electron chi connectivity index (χ3n) is 9.83. The van der Waals surface area contributed by atoms with E-state index in [9.17, 15) is 9.59 Å². The van der Waals surface area contributed by atoms with Crippen LogP contribution in [0.4, 0.5) is 0 Å². The van der Waals surface area contributed by atoms with Gasteiger partial charge in [0.15, 0.2) is 0 Å². The molecule has 3 heterocycles. The molecule has 4 aromatic rings. The van der Waals surface area contributed by atoms with Gasteiger partial charge in [-0.3, -0.25) is 19.1 Å². The Balaban J connectivity index is 1.03. The number of halogens is 1. The van der Waals surface area contributed by atoms with Crippen LogP contribution < -0.4 is 4.74 Å². The van der Waals surface area contributed by atoms with Gasteiger partial charge in [0.05, 0.1) is 25.5 Å². The summed E-state index contributed by atoms with van der Waals surface area (Å²) in [5.41, 5.74) is 5.71. The number of aromatic nitrogens is 5. The van der Waals surface area contributed by atoms with Crippen molar-refractivity contribution in [2.24, 2.45) is 12.5 Å². The first-order valence-electron chi connectivity index (χ1n) is 17.1. The normalized spacial score (nSPS) is 16.9. The fourth-order valence-corrected chi connectivity index (χ4v) is 7.25. The maximum Gasteiger partial charge on any atom is 0.342 e. The van der Waals surface area contributed by atoms with Crippen LogP contribution in [0.2, 0.25) is 5.02 Å². The number of likely N-dealkylation sites (tertiary alicyclic amines) is 1. The number of aryl methyl sites for hydroxylation is 3. The molecule has 0 spiro atoms. The van der Waals surface area contributed by atoms with E-state index in [-0.39, 0.29) is 17.9 Å². The lowest BCUT2D eigenvalue weighted by molar-refractivity contribution is -0.132. The summed E-state index contributed by atoms with van der Waals surface area (Å²) < 4.78 is 14.9. The first-order chi connectivity index (χ1) is 23.6. The summed E-state index contributed by atoms with van der Waals surface area (Å²) in [4.78, 5) is 30.4. The lowest BCUT2D eigenvalue weighted by atomic mass is 9.99. The van der Waals surface area contributed by atoms with Gasteiger partial charge in [0.25, 0.3) is 0 Å². The van der Waals surface area contributed by atoms with Crippen molar-refractivity contribution in [1.82, 2.24) is 34.6 Å². The van der Waals surface area contributed by atoms with E-state index in [4.69, 9.17) is 21.1 Å². The van der Waals surface area contributed by atoms with Crippen molar-refractivity contribution in [3.8, 4) is 17.1 Å². The van der Waals surface area contributed by atoms with Crippen LogP contribution in [0.1, 0.15) is 71.6 Å². The third-order valence-corrected chi connectivity index (χ3v) is 10.2. The van der Waals surface area contributed by atoms with Gasteiger partial charge in [0.1, 0.15) is 29.3 Å². The topological polar surface area (TPSA) is 108 Å². The van der Waals surface area contributed by atoms with Crippen LogP contribution in [0.3, 0.4) is 0 Å². The Labute approximate surface area is 293 Å². The van der Waals surface area contributed by atoms with Gasteiger partial charge in [-0.1, -0.05) is 47.1 Å². The molecule has 1 unspecified atom stereocenters. The van der Waals surface area contributed by atoms with Gasteiger partial charge in [0.2, 0.25) is 5.91 Å². The number of nitrogens with zero attached hydrogens (tertiary/aromatic N) is 7. The average molecular weight is 688 g/mol. The van der Waals surface area contributed by atoms with Gasteiger partial charge in [-0.05, 0) is 81.2 Å². The number of rotatable bonds is 14. The Morgan fingerprint density at radius 2 is 1.90 bits per heavy atom. The number of ether oxygens (including phenoxy) is 2. The zero-order valence-corrected chi connectivity index (χ0v) is 29.9. The summed E-state index contributed by atoms with van der Waals surface area (Å²) >= 11 is 6.32. The first kappa shape index (κ1) is 34.6. The molecule has 0 radical (unpaired) electrons. The number of hydrogen-bond acceptors (Lipinski definition) is 8. The molecule has 11 nitrogen and oxygen atoms in total. The highest BCUT2D eigenvalue weighted by molar-refractivity contribution is 6.31. The Morgan fingerprint density at radius 1 is 1.14 bits per heavy atom. The fraction of sp³-hybridized carbons (Fsp3) is 0.486. The maximum absolute atomic E-state index is 13.5. The molecular weight excluding hydrogens is 642 g/mol. The second-order valence-electron chi connectivity index (χ2n) is 13.7. The van der Waals surface area contributed by atoms with Crippen molar-refractivity contribution in [3.05, 3.63) is 81.6 Å². The highest BCUT2D eigenvalue weighted by Crippen LogP contribution is 2.50. The molecule has 1 aliphatic heterocycles. The zero-order valence-electron chi connectivity index (χ0n) is 29.1. The molecule has 1 aliphatic carbocycles. The minimum absolute atomic E-state index is 0.0208. The Morgan fingerprint density at radius 3 is 2.61 bits per heavy atom. The predicted molar refractivity (Wildman–Crippen MR) is 187 cm³/mol. The van der Waals surface area contributed by atoms with Gasteiger partial charge < -0.3 is 14.4 Å². The van der Waals surface area contributed by atoms with Gasteiger partial charge in [-0.15, -0.1) is 5.10 Å². The van der Waals surface area contributed by atoms with Crippen LogP contribution >= 0.6 is 11.6 Å². The molecule has 1 atom stereocenters. The van der Waals surface area contributed by atoms with Crippen LogP contribution in [-0.2, 0) is 36.3 Å². The van der Waals surface area contributed by atoms with Crippen molar-refractivity contribution in [2.75, 3.05) is 26.7 Å². The van der Waals surface area contributed by atoms with Crippen LogP contribution in [0.15, 0.2) is 48.8 Å².